The number of H-pyrrole nitrogens is 4. The van der Waals surface area contributed by atoms with E-state index in [1.54, 1.807) is 6.92 Å². The lowest BCUT2D eigenvalue weighted by molar-refractivity contribution is -0.0536. The number of rotatable bonds is 20. The zero-order valence-electron chi connectivity index (χ0n) is 41.1. The fraction of sp³-hybridized carbons (Fsp3) is 0.610. The Morgan fingerprint density at radius 1 is 0.487 bits per heavy atom. The van der Waals surface area contributed by atoms with E-state index in [1.165, 1.54) is 61.6 Å². The second-order valence-electron chi connectivity index (χ2n) is 18.4. The van der Waals surface area contributed by atoms with Gasteiger partial charge in [0.25, 0.3) is 22.2 Å². The van der Waals surface area contributed by atoms with Crippen LogP contribution in [0, 0.1) is 27.7 Å². The summed E-state index contributed by atoms with van der Waals surface area (Å²) < 4.78 is 64.1. The molecule has 4 aliphatic heterocycles. The van der Waals surface area contributed by atoms with E-state index in [0.717, 1.165) is 9.13 Å². The van der Waals surface area contributed by atoms with Crippen LogP contribution in [0.3, 0.4) is 0 Å². The highest BCUT2D eigenvalue weighted by Crippen LogP contribution is 2.54. The Kier molecular flexibility index (Phi) is 18.0. The molecule has 4 saturated heterocycles. The normalized spacial score (nSPS) is 29.1. The largest absolute Gasteiger partial charge is 0.352 e. The first-order chi connectivity index (χ1) is 35.7. The molecule has 0 aromatic carbocycles. The summed E-state index contributed by atoms with van der Waals surface area (Å²) in [5, 5.41) is 0. The summed E-state index contributed by atoms with van der Waals surface area (Å²) in [6.45, 7) is -6.58. The van der Waals surface area contributed by atoms with E-state index in [9.17, 15) is 53.0 Å². The third kappa shape index (κ3) is 13.8. The molecule has 0 saturated carbocycles. The molecule has 0 amide bonds. The van der Waals surface area contributed by atoms with Gasteiger partial charge in [-0.25, -0.2) is 19.2 Å². The van der Waals surface area contributed by atoms with Gasteiger partial charge in [-0.1, -0.05) is 6.92 Å². The van der Waals surface area contributed by atoms with Crippen LogP contribution in [-0.4, -0.2) is 115 Å². The molecule has 0 radical (unpaired) electrons. The topological polar surface area (TPSA) is 372 Å². The van der Waals surface area contributed by atoms with Crippen LogP contribution < -0.4 is 45.0 Å². The first-order valence-corrected chi connectivity index (χ1v) is 31.3. The Bertz CT molecular complexity index is 3490. The third-order valence-corrected chi connectivity index (χ3v) is 17.6. The van der Waals surface area contributed by atoms with Crippen LogP contribution >= 0.6 is 20.2 Å². The minimum absolute atomic E-state index is 0.0267. The predicted molar refractivity (Wildman–Crippen MR) is 275 cm³/mol. The van der Waals surface area contributed by atoms with Gasteiger partial charge in [0.05, 0.1) is 50.3 Å². The second-order valence-corrected chi connectivity index (χ2v) is 26.8. The summed E-state index contributed by atoms with van der Waals surface area (Å²) in [6, 6.07) is 0. The second kappa shape index (κ2) is 23.5. The SMILES string of the molecule is CC[C@H]1O[C@@H](n2cc(C)c(=O)[nH]c2=O)C[C@H]1OP(O)(=S)OC[C@H]1O[C@@H](n2cc(C)c(=O)[nH]c2=O)C[C@H]1OP(O)(=S)OC[C@H]1O[C@@H](n2cc(C)c(=O)[nH]c2=O)C[C@H]1OP(O)(=S)OC[C@@H]1CC[C@H](n2cc(C)c(=O)[nH]c2=O)O1. The molecule has 76 heavy (non-hydrogen) atoms. The van der Waals surface area contributed by atoms with Gasteiger partial charge in [-0.2, -0.15) is 0 Å². The molecule has 4 aliphatic rings. The predicted octanol–water partition coefficient (Wildman–Crippen LogP) is 0.227. The van der Waals surface area contributed by atoms with Crippen molar-refractivity contribution in [3.63, 3.8) is 0 Å². The van der Waals surface area contributed by atoms with E-state index in [0.29, 0.717) is 24.8 Å². The van der Waals surface area contributed by atoms with E-state index >= 15 is 0 Å². The summed E-state index contributed by atoms with van der Waals surface area (Å²) in [4.78, 5) is 143. The van der Waals surface area contributed by atoms with Gasteiger partial charge in [-0.15, -0.1) is 0 Å². The van der Waals surface area contributed by atoms with Crippen LogP contribution in [0.5, 0.6) is 0 Å². The van der Waals surface area contributed by atoms with Gasteiger partial charge in [0.15, 0.2) is 0 Å². The molecule has 14 atom stereocenters. The first-order valence-electron chi connectivity index (χ1n) is 23.6. The lowest BCUT2D eigenvalue weighted by atomic mass is 10.1. The Balaban J connectivity index is 0.957. The Labute approximate surface area is 443 Å². The average Bonchev–Trinajstić information content (AvgIpc) is 4.15. The molecule has 0 spiro atoms. The average molecular weight is 1190 g/mol. The minimum Gasteiger partial charge on any atom is -0.352 e. The molecule has 0 bridgehead atoms. The molecule has 4 aromatic rings. The van der Waals surface area contributed by atoms with Gasteiger partial charge >= 0.3 is 42.9 Å². The van der Waals surface area contributed by atoms with E-state index in [-0.39, 0.29) is 42.6 Å². The molecule has 4 aromatic heterocycles. The molecular weight excluding hydrogens is 1130 g/mol. The van der Waals surface area contributed by atoms with Crippen molar-refractivity contribution in [2.45, 2.75) is 141 Å². The van der Waals surface area contributed by atoms with Crippen LogP contribution in [0.25, 0.3) is 0 Å². The van der Waals surface area contributed by atoms with E-state index in [2.05, 4.69) is 19.9 Å². The van der Waals surface area contributed by atoms with Gasteiger partial charge in [-0.05, 0) is 82.4 Å². The maximum absolute atomic E-state index is 13.0. The highest BCUT2D eigenvalue weighted by Gasteiger charge is 2.46. The van der Waals surface area contributed by atoms with Crippen molar-refractivity contribution in [1.29, 1.82) is 0 Å². The Hall–Kier alpha value is -3.85. The number of hydrogen-bond donors (Lipinski definition) is 7. The number of aromatic nitrogens is 8. The zero-order chi connectivity index (χ0) is 55.2. The fourth-order valence-corrected chi connectivity index (χ4v) is 13.4. The number of nitrogens with one attached hydrogen (secondary N) is 4. The van der Waals surface area contributed by atoms with Crippen molar-refractivity contribution in [3.8, 4) is 0 Å². The summed E-state index contributed by atoms with van der Waals surface area (Å²) >= 11 is 16.3. The molecule has 35 heteroatoms. The van der Waals surface area contributed by atoms with Crippen LogP contribution in [0.15, 0.2) is 63.1 Å². The maximum Gasteiger partial charge on any atom is 0.330 e. The quantitative estimate of drug-likeness (QED) is 0.0582. The van der Waals surface area contributed by atoms with Crippen molar-refractivity contribution in [2.24, 2.45) is 0 Å². The van der Waals surface area contributed by atoms with E-state index in [4.69, 9.17) is 81.5 Å². The lowest BCUT2D eigenvalue weighted by Crippen LogP contribution is -2.33. The van der Waals surface area contributed by atoms with E-state index < -0.39 is 146 Å². The smallest absolute Gasteiger partial charge is 0.330 e. The molecular formula is C41H55N8O21P3S3. The van der Waals surface area contributed by atoms with Crippen molar-refractivity contribution < 1.29 is 60.8 Å². The first kappa shape index (κ1) is 58.3. The van der Waals surface area contributed by atoms with Crippen LogP contribution in [0.1, 0.15) is 92.6 Å². The van der Waals surface area contributed by atoms with Gasteiger partial charge in [0, 0.05) is 66.3 Å². The molecule has 7 N–H and O–H groups in total. The molecule has 8 heterocycles. The number of ether oxygens (including phenoxy) is 4. The minimum atomic E-state index is -4.44. The van der Waals surface area contributed by atoms with Crippen molar-refractivity contribution >= 4 is 55.6 Å². The Morgan fingerprint density at radius 3 is 1.13 bits per heavy atom. The van der Waals surface area contributed by atoms with Crippen LogP contribution in [-0.2, 0) is 81.5 Å². The standard InChI is InChI=1S/C41H55N8O21P3S3/c1-6-24-25(9-31(65-24)47-13-20(3)35(51)43-39(47)55)68-72(59,75)62-17-29-27(11-33(67-29)49-15-22(5)37(53)45-41(49)57)70-73(60,76)63-18-28-26(10-32(66-28)48-14-21(4)36(52)44-40(48)56)69-71(58,74)61-16-23-7-8-30(64-23)46-12-19(2)34(50)42-38(46)54/h12-15,23-33H,6-11,16-18H2,1-5H3,(H,58,74)(H,59,75)(H,60,76)(H,42,50,54)(H,43,51,55)(H,44,52,56)(H,45,53,57)/t23-,24+,25+,26+,27+,28+,29+,30+,31+,32+,33+,71?,72?,73?/m0/s1. The van der Waals surface area contributed by atoms with Crippen molar-refractivity contribution in [1.82, 2.24) is 38.2 Å². The molecule has 29 nitrogen and oxygen atoms in total. The number of hydrogen-bond acceptors (Lipinski definition) is 21. The molecule has 3 unspecified atom stereocenters. The summed E-state index contributed by atoms with van der Waals surface area (Å²) in [5.74, 6) is 0. The van der Waals surface area contributed by atoms with Gasteiger partial charge < -0.3 is 60.8 Å². The Morgan fingerprint density at radius 2 is 0.789 bits per heavy atom. The monoisotopic (exact) mass is 1180 g/mol. The molecule has 0 aliphatic carbocycles. The number of aryl methyl sites for hydroxylation is 4. The molecule has 4 fully saturated rings. The van der Waals surface area contributed by atoms with E-state index in [1.807, 2.05) is 0 Å². The van der Waals surface area contributed by atoms with Crippen LogP contribution in [0.2, 0.25) is 0 Å². The third-order valence-electron chi connectivity index (χ3n) is 12.9. The summed E-state index contributed by atoms with van der Waals surface area (Å²) in [5.41, 5.74) is -4.62. The van der Waals surface area contributed by atoms with Crippen molar-refractivity contribution in [3.05, 3.63) is 130 Å². The zero-order valence-corrected chi connectivity index (χ0v) is 46.2. The summed E-state index contributed by atoms with van der Waals surface area (Å²) in [7, 11) is 0. The fourth-order valence-electron chi connectivity index (χ4n) is 8.94. The highest BCUT2D eigenvalue weighted by molar-refractivity contribution is 8.07. The van der Waals surface area contributed by atoms with Crippen LogP contribution in [0.4, 0.5) is 0 Å². The van der Waals surface area contributed by atoms with Gasteiger partial charge in [-0.3, -0.25) is 57.4 Å². The van der Waals surface area contributed by atoms with Gasteiger partial charge in [0.2, 0.25) is 0 Å². The van der Waals surface area contributed by atoms with Crippen molar-refractivity contribution in [2.75, 3.05) is 19.8 Å². The lowest BCUT2D eigenvalue weighted by Gasteiger charge is -2.28. The van der Waals surface area contributed by atoms with Gasteiger partial charge in [0.1, 0.15) is 37.1 Å². The number of nitrogens with zero attached hydrogens (tertiary/aromatic N) is 4. The highest BCUT2D eigenvalue weighted by atomic mass is 32.5. The maximum atomic E-state index is 13.0. The summed E-state index contributed by atoms with van der Waals surface area (Å²) in [6.07, 6.45) is -5.33. The molecule has 8 rings (SSSR count). The molecule has 418 valence electrons. The number of aromatic amines is 4.